The lowest BCUT2D eigenvalue weighted by atomic mass is 10.0. The number of benzene rings is 1. The SMILES string of the molecule is COc1cccc(F)c1CCc1ccc(-c2ccc(S(=O)(=O)C3CCNCC3)nc2)c2nncn12. The maximum atomic E-state index is 14.4. The lowest BCUT2D eigenvalue weighted by Crippen LogP contribution is -2.36. The molecule has 0 atom stereocenters. The Morgan fingerprint density at radius 2 is 1.94 bits per heavy atom. The quantitative estimate of drug-likeness (QED) is 0.420. The highest BCUT2D eigenvalue weighted by atomic mass is 32.2. The van der Waals surface area contributed by atoms with Crippen LogP contribution in [0.15, 0.2) is 60.0 Å². The third kappa shape index (κ3) is 4.51. The maximum absolute atomic E-state index is 14.4. The number of nitrogens with one attached hydrogen (secondary N) is 1. The molecule has 0 bridgehead atoms. The van der Waals surface area contributed by atoms with Crippen molar-refractivity contribution >= 4 is 15.5 Å². The van der Waals surface area contributed by atoms with Crippen LogP contribution >= 0.6 is 0 Å². The Labute approximate surface area is 203 Å². The van der Waals surface area contributed by atoms with Crippen molar-refractivity contribution in [1.82, 2.24) is 24.9 Å². The van der Waals surface area contributed by atoms with Crippen molar-refractivity contribution in [2.24, 2.45) is 0 Å². The fraction of sp³-hybridized carbons (Fsp3) is 0.320. The Hall–Kier alpha value is -3.37. The van der Waals surface area contributed by atoms with E-state index in [-0.39, 0.29) is 10.8 Å². The molecule has 1 saturated heterocycles. The van der Waals surface area contributed by atoms with Crippen LogP contribution in [0.2, 0.25) is 0 Å². The maximum Gasteiger partial charge on any atom is 0.198 e. The van der Waals surface area contributed by atoms with E-state index in [9.17, 15) is 12.8 Å². The lowest BCUT2D eigenvalue weighted by molar-refractivity contribution is 0.404. The van der Waals surface area contributed by atoms with Crippen LogP contribution in [-0.4, -0.2) is 53.4 Å². The number of hydrogen-bond acceptors (Lipinski definition) is 7. The van der Waals surface area contributed by atoms with Gasteiger partial charge in [0.05, 0.1) is 12.4 Å². The number of fused-ring (bicyclic) bond motifs is 1. The number of hydrogen-bond donors (Lipinski definition) is 1. The molecule has 4 aromatic rings. The molecule has 0 aliphatic carbocycles. The summed E-state index contributed by atoms with van der Waals surface area (Å²) in [5, 5.41) is 11.2. The van der Waals surface area contributed by atoms with E-state index < -0.39 is 15.1 Å². The highest BCUT2D eigenvalue weighted by Gasteiger charge is 2.30. The minimum absolute atomic E-state index is 0.0982. The average molecular weight is 496 g/mol. The molecule has 0 spiro atoms. The first-order valence-electron chi connectivity index (χ1n) is 11.5. The van der Waals surface area contributed by atoms with Crippen LogP contribution in [-0.2, 0) is 22.7 Å². The van der Waals surface area contributed by atoms with E-state index in [1.807, 2.05) is 16.5 Å². The summed E-state index contributed by atoms with van der Waals surface area (Å²) in [7, 11) is -1.94. The van der Waals surface area contributed by atoms with Crippen LogP contribution in [0.4, 0.5) is 4.39 Å². The van der Waals surface area contributed by atoms with Gasteiger partial charge in [0.25, 0.3) is 0 Å². The van der Waals surface area contributed by atoms with Gasteiger partial charge in [-0.25, -0.2) is 17.8 Å². The van der Waals surface area contributed by atoms with Gasteiger partial charge in [0.1, 0.15) is 17.9 Å². The Balaban J connectivity index is 1.41. The Morgan fingerprint density at radius 3 is 2.69 bits per heavy atom. The van der Waals surface area contributed by atoms with Crippen molar-refractivity contribution in [3.63, 3.8) is 0 Å². The second-order valence-electron chi connectivity index (χ2n) is 8.56. The van der Waals surface area contributed by atoms with Crippen LogP contribution in [0, 0.1) is 5.82 Å². The number of piperidine rings is 1. The summed E-state index contributed by atoms with van der Waals surface area (Å²) < 4.78 is 47.4. The summed E-state index contributed by atoms with van der Waals surface area (Å²) in [6, 6.07) is 12.0. The zero-order valence-electron chi connectivity index (χ0n) is 19.3. The number of rotatable bonds is 7. The minimum atomic E-state index is -3.47. The lowest BCUT2D eigenvalue weighted by Gasteiger charge is -2.22. The van der Waals surface area contributed by atoms with Crippen LogP contribution in [0.3, 0.4) is 0 Å². The molecule has 1 aliphatic rings. The van der Waals surface area contributed by atoms with Crippen molar-refractivity contribution < 1.29 is 17.5 Å². The van der Waals surface area contributed by atoms with Gasteiger partial charge in [0.2, 0.25) is 0 Å². The second kappa shape index (κ2) is 9.71. The van der Waals surface area contributed by atoms with E-state index >= 15 is 0 Å². The molecule has 182 valence electrons. The number of methoxy groups -OCH3 is 1. The van der Waals surface area contributed by atoms with Crippen molar-refractivity contribution in [1.29, 1.82) is 0 Å². The second-order valence-corrected chi connectivity index (χ2v) is 10.7. The fourth-order valence-corrected chi connectivity index (χ4v) is 6.26. The topological polar surface area (TPSA) is 98.5 Å². The van der Waals surface area contributed by atoms with Crippen LogP contribution in [0.1, 0.15) is 24.1 Å². The van der Waals surface area contributed by atoms with Crippen LogP contribution in [0.25, 0.3) is 16.8 Å². The molecule has 35 heavy (non-hydrogen) atoms. The van der Waals surface area contributed by atoms with Gasteiger partial charge in [-0.2, -0.15) is 0 Å². The molecule has 4 heterocycles. The number of aryl methyl sites for hydroxylation is 1. The molecular weight excluding hydrogens is 469 g/mol. The molecule has 10 heteroatoms. The molecule has 0 radical (unpaired) electrons. The number of sulfone groups is 1. The zero-order valence-corrected chi connectivity index (χ0v) is 20.1. The summed E-state index contributed by atoms with van der Waals surface area (Å²) in [6.07, 6.45) is 5.38. The average Bonchev–Trinajstić information content (AvgIpc) is 3.39. The van der Waals surface area contributed by atoms with Crippen molar-refractivity contribution in [2.75, 3.05) is 20.2 Å². The molecular formula is C25H26FN5O3S. The van der Waals surface area contributed by atoms with E-state index in [4.69, 9.17) is 4.74 Å². The predicted molar refractivity (Wildman–Crippen MR) is 130 cm³/mol. The van der Waals surface area contributed by atoms with E-state index in [1.165, 1.54) is 13.2 Å². The minimum Gasteiger partial charge on any atom is -0.496 e. The van der Waals surface area contributed by atoms with Crippen molar-refractivity contribution in [3.05, 3.63) is 72.1 Å². The highest BCUT2D eigenvalue weighted by molar-refractivity contribution is 7.92. The molecule has 8 nitrogen and oxygen atoms in total. The van der Waals surface area contributed by atoms with Gasteiger partial charge in [-0.15, -0.1) is 10.2 Å². The van der Waals surface area contributed by atoms with E-state index in [2.05, 4.69) is 20.5 Å². The number of ether oxygens (including phenoxy) is 1. The van der Waals surface area contributed by atoms with Crippen LogP contribution in [0.5, 0.6) is 5.75 Å². The first-order chi connectivity index (χ1) is 17.0. The molecule has 3 aromatic heterocycles. The smallest absolute Gasteiger partial charge is 0.198 e. The molecule has 5 rings (SSSR count). The monoisotopic (exact) mass is 495 g/mol. The molecule has 1 fully saturated rings. The largest absolute Gasteiger partial charge is 0.496 e. The summed E-state index contributed by atoms with van der Waals surface area (Å²) >= 11 is 0. The van der Waals surface area contributed by atoms with Gasteiger partial charge in [-0.1, -0.05) is 6.07 Å². The fourth-order valence-electron chi connectivity index (χ4n) is 4.60. The zero-order chi connectivity index (χ0) is 24.4. The molecule has 1 N–H and O–H groups in total. The Morgan fingerprint density at radius 1 is 1.11 bits per heavy atom. The third-order valence-electron chi connectivity index (χ3n) is 6.53. The van der Waals surface area contributed by atoms with Gasteiger partial charge < -0.3 is 10.1 Å². The van der Waals surface area contributed by atoms with E-state index in [0.29, 0.717) is 55.7 Å². The molecule has 1 aromatic carbocycles. The standard InChI is InChI=1S/C25H26FN5O3S/c1-34-23-4-2-3-22(26)21(23)9-7-18-6-8-20(25-30-29-16-31(18)25)17-5-10-24(28-15-17)35(32,33)19-11-13-27-14-12-19/h2-6,8,10,15-16,19,27H,7,9,11-14H2,1H3. The van der Waals surface area contributed by atoms with Crippen molar-refractivity contribution in [2.45, 2.75) is 36.0 Å². The van der Waals surface area contributed by atoms with Crippen molar-refractivity contribution in [3.8, 4) is 16.9 Å². The van der Waals surface area contributed by atoms with Gasteiger partial charge in [-0.05, 0) is 75.2 Å². The first kappa shape index (κ1) is 23.4. The highest BCUT2D eigenvalue weighted by Crippen LogP contribution is 2.28. The first-order valence-corrected chi connectivity index (χ1v) is 13.1. The van der Waals surface area contributed by atoms with Gasteiger partial charge in [-0.3, -0.25) is 4.40 Å². The predicted octanol–water partition coefficient (Wildman–Crippen LogP) is 3.25. The Bertz CT molecular complexity index is 1450. The van der Waals surface area contributed by atoms with Gasteiger partial charge >= 0.3 is 0 Å². The van der Waals surface area contributed by atoms with E-state index in [0.717, 1.165) is 16.8 Å². The van der Waals surface area contributed by atoms with Crippen LogP contribution < -0.4 is 10.1 Å². The molecule has 0 unspecified atom stereocenters. The van der Waals surface area contributed by atoms with E-state index in [1.54, 1.807) is 36.8 Å². The summed E-state index contributed by atoms with van der Waals surface area (Å²) in [5.74, 6) is 0.221. The van der Waals surface area contributed by atoms with Gasteiger partial charge in [0, 0.05) is 28.6 Å². The molecule has 0 amide bonds. The number of aromatic nitrogens is 4. The Kier molecular flexibility index (Phi) is 6.48. The van der Waals surface area contributed by atoms with Gasteiger partial charge in [0.15, 0.2) is 20.5 Å². The number of nitrogens with zero attached hydrogens (tertiary/aromatic N) is 4. The summed E-state index contributed by atoms with van der Waals surface area (Å²) in [4.78, 5) is 4.30. The number of halogens is 1. The summed E-state index contributed by atoms with van der Waals surface area (Å²) in [5.41, 5.74) is 3.59. The number of pyridine rings is 2. The normalized spacial score (nSPS) is 14.9. The third-order valence-corrected chi connectivity index (χ3v) is 8.70. The summed E-state index contributed by atoms with van der Waals surface area (Å²) in [6.45, 7) is 1.39. The molecule has 0 saturated carbocycles. The molecule has 1 aliphatic heterocycles.